The van der Waals surface area contributed by atoms with Crippen molar-refractivity contribution in [2.75, 3.05) is 46.9 Å². The van der Waals surface area contributed by atoms with Gasteiger partial charge in [0, 0.05) is 39.3 Å². The Morgan fingerprint density at radius 2 is 2.05 bits per heavy atom. The molecule has 1 heterocycles. The third kappa shape index (κ3) is 6.80. The van der Waals surface area contributed by atoms with Crippen LogP contribution in [-0.2, 0) is 14.8 Å². The molecule has 128 valence electrons. The van der Waals surface area contributed by atoms with Crippen LogP contribution in [0.3, 0.4) is 0 Å². The van der Waals surface area contributed by atoms with E-state index in [0.717, 1.165) is 25.9 Å². The zero-order valence-corrected chi connectivity index (χ0v) is 15.2. The lowest BCUT2D eigenvalue weighted by atomic mass is 10.0. The molecule has 1 atom stereocenters. The standard InChI is InChI=1S/C13H29N3O3S.ClH/c1-13(2,14)11-16-7-5-6-12(10-16)20(17,18)15(3)8-9-19-4;/h12H,5-11,14H2,1-4H3;1H. The minimum absolute atomic E-state index is 0. The summed E-state index contributed by atoms with van der Waals surface area (Å²) in [5, 5.41) is -0.333. The van der Waals surface area contributed by atoms with Crippen molar-refractivity contribution in [1.29, 1.82) is 0 Å². The van der Waals surface area contributed by atoms with Crippen LogP contribution in [0, 0.1) is 0 Å². The highest BCUT2D eigenvalue weighted by Gasteiger charge is 2.34. The molecule has 0 amide bonds. The van der Waals surface area contributed by atoms with Gasteiger partial charge < -0.3 is 15.4 Å². The summed E-state index contributed by atoms with van der Waals surface area (Å²) in [7, 11) is -0.0512. The molecule has 1 fully saturated rings. The Morgan fingerprint density at radius 3 is 2.57 bits per heavy atom. The van der Waals surface area contributed by atoms with Crippen molar-refractivity contribution in [1.82, 2.24) is 9.21 Å². The molecule has 0 aromatic carbocycles. The Labute approximate surface area is 135 Å². The third-order valence-electron chi connectivity index (χ3n) is 3.56. The van der Waals surface area contributed by atoms with E-state index < -0.39 is 10.0 Å². The van der Waals surface area contributed by atoms with Crippen LogP contribution in [0.15, 0.2) is 0 Å². The summed E-state index contributed by atoms with van der Waals surface area (Å²) in [6, 6.07) is 0. The molecule has 1 unspecified atom stereocenters. The first-order chi connectivity index (χ1) is 9.16. The molecule has 0 aliphatic carbocycles. The Bertz CT molecular complexity index is 398. The highest BCUT2D eigenvalue weighted by atomic mass is 35.5. The molecule has 6 nitrogen and oxygen atoms in total. The first kappa shape index (κ1) is 21.1. The van der Waals surface area contributed by atoms with Crippen LogP contribution in [0.1, 0.15) is 26.7 Å². The monoisotopic (exact) mass is 343 g/mol. The summed E-state index contributed by atoms with van der Waals surface area (Å²) in [6.45, 7) is 6.97. The van der Waals surface area contributed by atoms with Gasteiger partial charge in [0.05, 0.1) is 11.9 Å². The Morgan fingerprint density at radius 1 is 1.43 bits per heavy atom. The maximum Gasteiger partial charge on any atom is 0.218 e. The lowest BCUT2D eigenvalue weighted by Gasteiger charge is -2.37. The number of piperidine rings is 1. The zero-order valence-electron chi connectivity index (χ0n) is 13.5. The van der Waals surface area contributed by atoms with Crippen LogP contribution >= 0.6 is 12.4 Å². The highest BCUT2D eigenvalue weighted by molar-refractivity contribution is 7.89. The van der Waals surface area contributed by atoms with Gasteiger partial charge in [-0.1, -0.05) is 0 Å². The molecule has 1 aliphatic heterocycles. The summed E-state index contributed by atoms with van der Waals surface area (Å²) >= 11 is 0. The number of likely N-dealkylation sites (tertiary alicyclic amines) is 1. The molecule has 0 spiro atoms. The quantitative estimate of drug-likeness (QED) is 0.729. The van der Waals surface area contributed by atoms with Gasteiger partial charge in [-0.3, -0.25) is 0 Å². The highest BCUT2D eigenvalue weighted by Crippen LogP contribution is 2.20. The van der Waals surface area contributed by atoms with Crippen LogP contribution in [0.4, 0.5) is 0 Å². The number of ether oxygens (including phenoxy) is 1. The summed E-state index contributed by atoms with van der Waals surface area (Å²) in [5.74, 6) is 0. The van der Waals surface area contributed by atoms with Gasteiger partial charge in [-0.2, -0.15) is 0 Å². The van der Waals surface area contributed by atoms with E-state index in [9.17, 15) is 8.42 Å². The van der Waals surface area contributed by atoms with Crippen molar-refractivity contribution >= 4 is 22.4 Å². The van der Waals surface area contributed by atoms with E-state index in [2.05, 4.69) is 4.90 Å². The van der Waals surface area contributed by atoms with E-state index in [0.29, 0.717) is 19.7 Å². The van der Waals surface area contributed by atoms with Crippen LogP contribution in [0.2, 0.25) is 0 Å². The average Bonchev–Trinajstić information content (AvgIpc) is 2.34. The maximum absolute atomic E-state index is 12.5. The minimum Gasteiger partial charge on any atom is -0.383 e. The molecule has 1 aliphatic rings. The van der Waals surface area contributed by atoms with Gasteiger partial charge >= 0.3 is 0 Å². The molecule has 21 heavy (non-hydrogen) atoms. The number of nitrogens with zero attached hydrogens (tertiary/aromatic N) is 2. The Balaban J connectivity index is 0.00000400. The smallest absolute Gasteiger partial charge is 0.218 e. The van der Waals surface area contributed by atoms with Gasteiger partial charge in [-0.25, -0.2) is 12.7 Å². The molecular formula is C13H30ClN3O3S. The second kappa shape index (κ2) is 8.64. The summed E-state index contributed by atoms with van der Waals surface area (Å²) < 4.78 is 31.4. The molecule has 0 saturated carbocycles. The normalized spacial score (nSPS) is 21.3. The number of methoxy groups -OCH3 is 1. The molecule has 0 radical (unpaired) electrons. The number of nitrogens with two attached hydrogens (primary N) is 1. The number of halogens is 1. The van der Waals surface area contributed by atoms with Crippen LogP contribution in [0.5, 0.6) is 0 Å². The predicted octanol–water partition coefficient (Wildman–Crippen LogP) is 0.518. The van der Waals surface area contributed by atoms with Crippen LogP contribution in [0.25, 0.3) is 0 Å². The fraction of sp³-hybridized carbons (Fsp3) is 1.00. The molecule has 1 rings (SSSR count). The van der Waals surface area contributed by atoms with Crippen LogP contribution in [-0.4, -0.2) is 75.4 Å². The number of sulfonamides is 1. The third-order valence-corrected chi connectivity index (χ3v) is 5.84. The first-order valence-electron chi connectivity index (χ1n) is 7.12. The molecule has 0 aromatic heterocycles. The summed E-state index contributed by atoms with van der Waals surface area (Å²) in [5.41, 5.74) is 5.73. The number of rotatable bonds is 7. The van der Waals surface area contributed by atoms with Crippen LogP contribution < -0.4 is 5.73 Å². The largest absolute Gasteiger partial charge is 0.383 e. The van der Waals surface area contributed by atoms with Crippen molar-refractivity contribution in [2.45, 2.75) is 37.5 Å². The second-order valence-electron chi connectivity index (χ2n) is 6.35. The topological polar surface area (TPSA) is 75.9 Å². The summed E-state index contributed by atoms with van der Waals surface area (Å²) in [6.07, 6.45) is 1.62. The number of likely N-dealkylation sites (N-methyl/N-ethyl adjacent to an activating group) is 1. The molecule has 0 bridgehead atoms. The van der Waals surface area contributed by atoms with Crippen molar-refractivity contribution in [3.05, 3.63) is 0 Å². The summed E-state index contributed by atoms with van der Waals surface area (Å²) in [4.78, 5) is 2.16. The van der Waals surface area contributed by atoms with Gasteiger partial charge in [0.15, 0.2) is 0 Å². The van der Waals surface area contributed by atoms with Crippen molar-refractivity contribution in [2.24, 2.45) is 5.73 Å². The Hall–Kier alpha value is 0.0800. The van der Waals surface area contributed by atoms with Gasteiger partial charge in [0.25, 0.3) is 0 Å². The SMILES string of the molecule is COCCN(C)S(=O)(=O)C1CCCN(CC(C)(C)N)C1.Cl. The van der Waals surface area contributed by atoms with E-state index in [4.69, 9.17) is 10.5 Å². The van der Waals surface area contributed by atoms with E-state index in [-0.39, 0.29) is 23.2 Å². The second-order valence-corrected chi connectivity index (χ2v) is 8.67. The minimum atomic E-state index is -3.25. The van der Waals surface area contributed by atoms with Gasteiger partial charge in [-0.15, -0.1) is 12.4 Å². The molecule has 1 saturated heterocycles. The lowest BCUT2D eigenvalue weighted by Crippen LogP contribution is -2.52. The molecule has 8 heteroatoms. The predicted molar refractivity (Wildman–Crippen MR) is 88.4 cm³/mol. The van der Waals surface area contributed by atoms with Crippen molar-refractivity contribution in [3.63, 3.8) is 0 Å². The number of hydrogen-bond acceptors (Lipinski definition) is 5. The van der Waals surface area contributed by atoms with Crippen molar-refractivity contribution in [3.8, 4) is 0 Å². The van der Waals surface area contributed by atoms with E-state index in [1.807, 2.05) is 13.8 Å². The van der Waals surface area contributed by atoms with E-state index in [1.165, 1.54) is 4.31 Å². The van der Waals surface area contributed by atoms with Gasteiger partial charge in [0.2, 0.25) is 10.0 Å². The molecule has 2 N–H and O–H groups in total. The Kier molecular flexibility index (Phi) is 8.68. The lowest BCUT2D eigenvalue weighted by molar-refractivity contribution is 0.178. The average molecular weight is 344 g/mol. The number of hydrogen-bond donors (Lipinski definition) is 1. The first-order valence-corrected chi connectivity index (χ1v) is 8.62. The van der Waals surface area contributed by atoms with Gasteiger partial charge in [-0.05, 0) is 33.2 Å². The van der Waals surface area contributed by atoms with Crippen molar-refractivity contribution < 1.29 is 13.2 Å². The van der Waals surface area contributed by atoms with E-state index >= 15 is 0 Å². The fourth-order valence-electron chi connectivity index (χ4n) is 2.58. The molecule has 0 aromatic rings. The zero-order chi connectivity index (χ0) is 15.4. The van der Waals surface area contributed by atoms with E-state index in [1.54, 1.807) is 14.2 Å². The fourth-order valence-corrected chi connectivity index (χ4v) is 4.28. The van der Waals surface area contributed by atoms with Gasteiger partial charge in [0.1, 0.15) is 0 Å². The maximum atomic E-state index is 12.5. The molecular weight excluding hydrogens is 314 g/mol.